The Bertz CT molecular complexity index is 717. The predicted molar refractivity (Wildman–Crippen MR) is 98.2 cm³/mol. The second-order valence-electron chi connectivity index (χ2n) is 7.32. The number of rotatable bonds is 4. The van der Waals surface area contributed by atoms with Crippen molar-refractivity contribution < 1.29 is 4.79 Å². The number of benzene rings is 2. The number of nitrogens with zero attached hydrogens (tertiary/aromatic N) is 1. The van der Waals surface area contributed by atoms with Crippen LogP contribution in [0.4, 0.5) is 0 Å². The van der Waals surface area contributed by atoms with Crippen LogP contribution in [0.15, 0.2) is 42.5 Å². The molecule has 1 unspecified atom stereocenters. The van der Waals surface area contributed by atoms with E-state index in [0.717, 1.165) is 35.5 Å². The first-order valence-corrected chi connectivity index (χ1v) is 9.31. The first kappa shape index (κ1) is 15.6. The van der Waals surface area contributed by atoms with Gasteiger partial charge < -0.3 is 10.2 Å². The van der Waals surface area contributed by atoms with Gasteiger partial charge in [-0.15, -0.1) is 0 Å². The van der Waals surface area contributed by atoms with Crippen molar-refractivity contribution in [2.75, 3.05) is 19.6 Å². The van der Waals surface area contributed by atoms with E-state index in [4.69, 9.17) is 0 Å². The minimum absolute atomic E-state index is 0.0626. The van der Waals surface area contributed by atoms with Crippen molar-refractivity contribution in [1.29, 1.82) is 0 Å². The highest BCUT2D eigenvalue weighted by Crippen LogP contribution is 2.29. The lowest BCUT2D eigenvalue weighted by molar-refractivity contribution is 0.0737. The smallest absolute Gasteiger partial charge is 0.251 e. The molecule has 1 saturated carbocycles. The molecular weight excluding hydrogens is 296 g/mol. The summed E-state index contributed by atoms with van der Waals surface area (Å²) in [5.74, 6) is 0.658. The summed E-state index contributed by atoms with van der Waals surface area (Å²) in [5.41, 5.74) is 0.791. The highest BCUT2D eigenvalue weighted by Gasteiger charge is 2.29. The highest BCUT2D eigenvalue weighted by molar-refractivity contribution is 6.06. The van der Waals surface area contributed by atoms with E-state index in [1.54, 1.807) is 0 Å². The van der Waals surface area contributed by atoms with Crippen molar-refractivity contribution in [3.63, 3.8) is 0 Å². The molecule has 126 valence electrons. The summed E-state index contributed by atoms with van der Waals surface area (Å²) >= 11 is 0. The van der Waals surface area contributed by atoms with E-state index >= 15 is 0 Å². The Morgan fingerprint density at radius 3 is 2.71 bits per heavy atom. The van der Waals surface area contributed by atoms with E-state index in [0.29, 0.717) is 5.92 Å². The summed E-state index contributed by atoms with van der Waals surface area (Å²) in [6, 6.07) is 14.9. The molecule has 0 bridgehead atoms. The third-order valence-electron chi connectivity index (χ3n) is 5.73. The Morgan fingerprint density at radius 2 is 1.88 bits per heavy atom. The molecule has 1 N–H and O–H groups in total. The summed E-state index contributed by atoms with van der Waals surface area (Å²) < 4.78 is 0. The fraction of sp³-hybridized carbons (Fsp3) is 0.476. The van der Waals surface area contributed by atoms with Gasteiger partial charge in [0, 0.05) is 24.7 Å². The zero-order valence-corrected chi connectivity index (χ0v) is 14.2. The Labute approximate surface area is 144 Å². The molecular formula is C21H26N2O. The van der Waals surface area contributed by atoms with Crippen molar-refractivity contribution in [1.82, 2.24) is 10.2 Å². The van der Waals surface area contributed by atoms with Crippen LogP contribution in [0.3, 0.4) is 0 Å². The molecule has 3 heteroatoms. The second-order valence-corrected chi connectivity index (χ2v) is 7.32. The monoisotopic (exact) mass is 322 g/mol. The van der Waals surface area contributed by atoms with Crippen LogP contribution < -0.4 is 5.32 Å². The topological polar surface area (TPSA) is 32.3 Å². The number of carbonyl (C=O) groups excluding carboxylic acids is 1. The molecule has 0 radical (unpaired) electrons. The minimum atomic E-state index is 0.0626. The van der Waals surface area contributed by atoms with Gasteiger partial charge in [0.15, 0.2) is 0 Å². The second kappa shape index (κ2) is 6.94. The number of nitrogens with one attached hydrogen (secondary N) is 1. The summed E-state index contributed by atoms with van der Waals surface area (Å²) in [5, 5.41) is 5.35. The van der Waals surface area contributed by atoms with E-state index < -0.39 is 0 Å². The Hall–Kier alpha value is -1.87. The summed E-state index contributed by atoms with van der Waals surface area (Å²) in [6.45, 7) is 3.20. The molecule has 1 aliphatic carbocycles. The van der Waals surface area contributed by atoms with Gasteiger partial charge in [0.2, 0.25) is 0 Å². The van der Waals surface area contributed by atoms with E-state index in [1.165, 1.54) is 38.6 Å². The molecule has 3 nitrogen and oxygen atoms in total. The first-order chi connectivity index (χ1) is 11.8. The first-order valence-electron chi connectivity index (χ1n) is 9.31. The van der Waals surface area contributed by atoms with Crippen LogP contribution in [0, 0.1) is 5.92 Å². The quantitative estimate of drug-likeness (QED) is 0.928. The average Bonchev–Trinajstić information content (AvgIpc) is 2.58. The van der Waals surface area contributed by atoms with Crippen LogP contribution in [0.1, 0.15) is 42.5 Å². The van der Waals surface area contributed by atoms with Gasteiger partial charge in [0.05, 0.1) is 0 Å². The molecule has 1 atom stereocenters. The standard InChI is InChI=1S/C21H26N2O/c24-21(20-12-3-8-17-7-1-2-11-19(17)20)22-14-16-6-5-13-23(15-16)18-9-4-10-18/h1-3,7-8,11-12,16,18H,4-6,9-10,13-15H2,(H,22,24). The molecule has 0 spiro atoms. The van der Waals surface area contributed by atoms with Gasteiger partial charge in [0.1, 0.15) is 0 Å². The molecule has 1 saturated heterocycles. The zero-order valence-electron chi connectivity index (χ0n) is 14.2. The Kier molecular flexibility index (Phi) is 4.52. The van der Waals surface area contributed by atoms with Crippen LogP contribution in [-0.2, 0) is 0 Å². The number of hydrogen-bond acceptors (Lipinski definition) is 2. The minimum Gasteiger partial charge on any atom is -0.352 e. The molecule has 2 aliphatic rings. The van der Waals surface area contributed by atoms with Crippen LogP contribution >= 0.6 is 0 Å². The van der Waals surface area contributed by atoms with Crippen molar-refractivity contribution in [3.05, 3.63) is 48.0 Å². The van der Waals surface area contributed by atoms with Crippen molar-refractivity contribution in [2.24, 2.45) is 5.92 Å². The van der Waals surface area contributed by atoms with Crippen LogP contribution in [-0.4, -0.2) is 36.5 Å². The lowest BCUT2D eigenvalue weighted by atomic mass is 9.88. The molecule has 1 heterocycles. The van der Waals surface area contributed by atoms with Gasteiger partial charge in [-0.2, -0.15) is 0 Å². The maximum Gasteiger partial charge on any atom is 0.251 e. The van der Waals surface area contributed by atoms with Crippen molar-refractivity contribution >= 4 is 16.7 Å². The van der Waals surface area contributed by atoms with E-state index in [9.17, 15) is 4.79 Å². The molecule has 2 aromatic carbocycles. The largest absolute Gasteiger partial charge is 0.352 e. The summed E-state index contributed by atoms with van der Waals surface area (Å²) in [6.07, 6.45) is 6.64. The maximum absolute atomic E-state index is 12.7. The van der Waals surface area contributed by atoms with Crippen molar-refractivity contribution in [3.8, 4) is 0 Å². The molecule has 24 heavy (non-hydrogen) atoms. The van der Waals surface area contributed by atoms with Crippen LogP contribution in [0.25, 0.3) is 10.8 Å². The molecule has 0 aromatic heterocycles. The average molecular weight is 322 g/mol. The number of likely N-dealkylation sites (tertiary alicyclic amines) is 1. The summed E-state index contributed by atoms with van der Waals surface area (Å²) in [4.78, 5) is 15.3. The van der Waals surface area contributed by atoms with E-state index in [1.807, 2.05) is 30.3 Å². The van der Waals surface area contributed by atoms with Gasteiger partial charge in [-0.05, 0) is 55.0 Å². The third kappa shape index (κ3) is 3.18. The SMILES string of the molecule is O=C(NCC1CCCN(C2CCC2)C1)c1cccc2ccccc12. The normalized spacial score (nSPS) is 22.2. The van der Waals surface area contributed by atoms with Gasteiger partial charge in [-0.1, -0.05) is 42.8 Å². The Balaban J connectivity index is 1.39. The Morgan fingerprint density at radius 1 is 1.04 bits per heavy atom. The predicted octanol–water partition coefficient (Wildman–Crippen LogP) is 3.83. The number of amides is 1. The van der Waals surface area contributed by atoms with E-state index in [2.05, 4.69) is 22.3 Å². The number of carbonyl (C=O) groups is 1. The fourth-order valence-corrected chi connectivity index (χ4v) is 4.10. The van der Waals surface area contributed by atoms with Crippen LogP contribution in [0.2, 0.25) is 0 Å². The molecule has 2 aromatic rings. The fourth-order valence-electron chi connectivity index (χ4n) is 4.10. The summed E-state index contributed by atoms with van der Waals surface area (Å²) in [7, 11) is 0. The third-order valence-corrected chi connectivity index (χ3v) is 5.73. The zero-order chi connectivity index (χ0) is 16.4. The molecule has 1 amide bonds. The van der Waals surface area contributed by atoms with E-state index in [-0.39, 0.29) is 5.91 Å². The number of fused-ring (bicyclic) bond motifs is 1. The molecule has 2 fully saturated rings. The number of piperidine rings is 1. The maximum atomic E-state index is 12.7. The highest BCUT2D eigenvalue weighted by atomic mass is 16.1. The lowest BCUT2D eigenvalue weighted by Crippen LogP contribution is -2.48. The number of hydrogen-bond donors (Lipinski definition) is 1. The van der Waals surface area contributed by atoms with Gasteiger partial charge >= 0.3 is 0 Å². The van der Waals surface area contributed by atoms with Gasteiger partial charge in [0.25, 0.3) is 5.91 Å². The molecule has 4 rings (SSSR count). The molecule has 1 aliphatic heterocycles. The van der Waals surface area contributed by atoms with Gasteiger partial charge in [-0.3, -0.25) is 4.79 Å². The lowest BCUT2D eigenvalue weighted by Gasteiger charge is -2.42. The van der Waals surface area contributed by atoms with Crippen LogP contribution in [0.5, 0.6) is 0 Å². The van der Waals surface area contributed by atoms with Crippen molar-refractivity contribution in [2.45, 2.75) is 38.1 Å². The van der Waals surface area contributed by atoms with Gasteiger partial charge in [-0.25, -0.2) is 0 Å².